The van der Waals surface area contributed by atoms with Crippen LogP contribution < -0.4 is 4.74 Å². The molecule has 0 heterocycles. The Bertz CT molecular complexity index is 469. The van der Waals surface area contributed by atoms with Crippen LogP contribution in [0.2, 0.25) is 0 Å². The highest BCUT2D eigenvalue weighted by Gasteiger charge is 2.11. The van der Waals surface area contributed by atoms with Gasteiger partial charge in [0.15, 0.2) is 0 Å². The number of rotatable bonds is 6. The molecule has 96 valence electrons. The van der Waals surface area contributed by atoms with Crippen LogP contribution in [0.25, 0.3) is 0 Å². The van der Waals surface area contributed by atoms with Crippen molar-refractivity contribution in [3.05, 3.63) is 29.3 Å². The van der Waals surface area contributed by atoms with E-state index in [1.165, 1.54) is 18.2 Å². The van der Waals surface area contributed by atoms with Crippen molar-refractivity contribution in [1.29, 1.82) is 5.26 Å². The molecular formula is C12H11F2NO3. The SMILES string of the molecule is N#CCCc1ccc(CC(=O)O)cc1OC(F)F. The van der Waals surface area contributed by atoms with Crippen molar-refractivity contribution in [2.75, 3.05) is 0 Å². The number of aryl methyl sites for hydroxylation is 1. The summed E-state index contributed by atoms with van der Waals surface area (Å²) in [6.45, 7) is -2.98. The van der Waals surface area contributed by atoms with Crippen LogP contribution >= 0.6 is 0 Å². The van der Waals surface area contributed by atoms with Crippen molar-refractivity contribution >= 4 is 5.97 Å². The topological polar surface area (TPSA) is 70.3 Å². The van der Waals surface area contributed by atoms with Crippen LogP contribution in [0.15, 0.2) is 18.2 Å². The Hall–Kier alpha value is -2.16. The van der Waals surface area contributed by atoms with Crippen LogP contribution in [-0.4, -0.2) is 17.7 Å². The Labute approximate surface area is 102 Å². The molecule has 0 fully saturated rings. The van der Waals surface area contributed by atoms with Gasteiger partial charge < -0.3 is 9.84 Å². The number of aliphatic carboxylic acids is 1. The van der Waals surface area contributed by atoms with E-state index in [1.54, 1.807) is 0 Å². The van der Waals surface area contributed by atoms with Crippen LogP contribution in [0, 0.1) is 11.3 Å². The zero-order valence-electron chi connectivity index (χ0n) is 9.40. The first-order chi connectivity index (χ1) is 8.52. The van der Waals surface area contributed by atoms with E-state index in [2.05, 4.69) is 4.74 Å². The molecule has 18 heavy (non-hydrogen) atoms. The van der Waals surface area contributed by atoms with Crippen molar-refractivity contribution in [2.24, 2.45) is 0 Å². The van der Waals surface area contributed by atoms with Crippen molar-refractivity contribution in [3.63, 3.8) is 0 Å². The monoisotopic (exact) mass is 255 g/mol. The minimum Gasteiger partial charge on any atom is -0.481 e. The number of nitrogens with zero attached hydrogens (tertiary/aromatic N) is 1. The van der Waals surface area contributed by atoms with Gasteiger partial charge in [-0.25, -0.2) is 0 Å². The number of ether oxygens (including phenoxy) is 1. The molecule has 0 atom stereocenters. The maximum atomic E-state index is 12.2. The summed E-state index contributed by atoms with van der Waals surface area (Å²) < 4.78 is 28.8. The fraction of sp³-hybridized carbons (Fsp3) is 0.333. The third-order valence-electron chi connectivity index (χ3n) is 2.21. The minimum absolute atomic E-state index is 0.0704. The van der Waals surface area contributed by atoms with E-state index in [4.69, 9.17) is 10.4 Å². The number of hydrogen-bond donors (Lipinski definition) is 1. The molecule has 0 aliphatic carbocycles. The maximum absolute atomic E-state index is 12.2. The minimum atomic E-state index is -2.98. The molecule has 0 unspecified atom stereocenters. The van der Waals surface area contributed by atoms with E-state index in [0.717, 1.165) is 0 Å². The summed E-state index contributed by atoms with van der Waals surface area (Å²) in [5.41, 5.74) is 0.838. The van der Waals surface area contributed by atoms with E-state index in [1.807, 2.05) is 6.07 Å². The highest BCUT2D eigenvalue weighted by Crippen LogP contribution is 2.24. The molecule has 1 rings (SSSR count). The van der Waals surface area contributed by atoms with Crippen LogP contribution in [0.5, 0.6) is 5.75 Å². The first-order valence-corrected chi connectivity index (χ1v) is 5.18. The molecule has 1 N–H and O–H groups in total. The van der Waals surface area contributed by atoms with Crippen LogP contribution in [0.4, 0.5) is 8.78 Å². The summed E-state index contributed by atoms with van der Waals surface area (Å²) in [5.74, 6) is -1.12. The molecular weight excluding hydrogens is 244 g/mol. The Morgan fingerprint density at radius 3 is 2.78 bits per heavy atom. The Morgan fingerprint density at radius 2 is 2.22 bits per heavy atom. The number of carboxylic acid groups (broad SMARTS) is 1. The van der Waals surface area contributed by atoms with Gasteiger partial charge in [0.1, 0.15) is 5.75 Å². The van der Waals surface area contributed by atoms with Crippen LogP contribution in [0.1, 0.15) is 17.5 Å². The summed E-state index contributed by atoms with van der Waals surface area (Å²) in [6, 6.07) is 6.21. The Balaban J connectivity index is 2.96. The van der Waals surface area contributed by atoms with Gasteiger partial charge in [0.05, 0.1) is 12.5 Å². The van der Waals surface area contributed by atoms with Gasteiger partial charge in [-0.3, -0.25) is 4.79 Å². The molecule has 1 aromatic rings. The Kier molecular flexibility index (Phi) is 5.06. The third kappa shape index (κ3) is 4.37. The summed E-state index contributed by atoms with van der Waals surface area (Å²) in [5, 5.41) is 17.1. The van der Waals surface area contributed by atoms with Crippen molar-refractivity contribution < 1.29 is 23.4 Å². The Morgan fingerprint density at radius 1 is 1.50 bits per heavy atom. The number of carbonyl (C=O) groups is 1. The molecule has 0 aromatic heterocycles. The average Bonchev–Trinajstić information content (AvgIpc) is 2.26. The van der Waals surface area contributed by atoms with Gasteiger partial charge in [0.25, 0.3) is 0 Å². The molecule has 0 aliphatic rings. The van der Waals surface area contributed by atoms with E-state index in [-0.39, 0.29) is 25.0 Å². The lowest BCUT2D eigenvalue weighted by molar-refractivity contribution is -0.136. The average molecular weight is 255 g/mol. The largest absolute Gasteiger partial charge is 0.481 e. The molecule has 0 saturated heterocycles. The zero-order chi connectivity index (χ0) is 13.5. The van der Waals surface area contributed by atoms with E-state index >= 15 is 0 Å². The third-order valence-corrected chi connectivity index (χ3v) is 2.21. The van der Waals surface area contributed by atoms with Gasteiger partial charge >= 0.3 is 12.6 Å². The molecule has 0 amide bonds. The summed E-state index contributed by atoms with van der Waals surface area (Å²) >= 11 is 0. The number of nitriles is 1. The highest BCUT2D eigenvalue weighted by atomic mass is 19.3. The van der Waals surface area contributed by atoms with Crippen LogP contribution in [-0.2, 0) is 17.6 Å². The first kappa shape index (κ1) is 13.9. The first-order valence-electron chi connectivity index (χ1n) is 5.18. The predicted octanol–water partition coefficient (Wildman–Crippen LogP) is 2.37. The van der Waals surface area contributed by atoms with Gasteiger partial charge in [0.2, 0.25) is 0 Å². The maximum Gasteiger partial charge on any atom is 0.387 e. The molecule has 0 bridgehead atoms. The fourth-order valence-corrected chi connectivity index (χ4v) is 1.49. The number of halogens is 2. The summed E-state index contributed by atoms with van der Waals surface area (Å²) in [6.07, 6.45) is 0.196. The lowest BCUT2D eigenvalue weighted by atomic mass is 10.0. The van der Waals surface area contributed by atoms with Gasteiger partial charge in [0, 0.05) is 6.42 Å². The predicted molar refractivity (Wildman–Crippen MR) is 58.3 cm³/mol. The molecule has 0 radical (unpaired) electrons. The number of hydrogen-bond acceptors (Lipinski definition) is 3. The number of carboxylic acids is 1. The van der Waals surface area contributed by atoms with Crippen LogP contribution in [0.3, 0.4) is 0 Å². The summed E-state index contributed by atoms with van der Waals surface area (Å²) in [4.78, 5) is 10.5. The smallest absolute Gasteiger partial charge is 0.387 e. The van der Waals surface area contributed by atoms with Crippen molar-refractivity contribution in [2.45, 2.75) is 25.9 Å². The van der Waals surface area contributed by atoms with Gasteiger partial charge in [-0.1, -0.05) is 12.1 Å². The quantitative estimate of drug-likeness (QED) is 0.847. The molecule has 6 heteroatoms. The number of benzene rings is 1. The second-order valence-electron chi connectivity index (χ2n) is 3.55. The highest BCUT2D eigenvalue weighted by molar-refractivity contribution is 5.70. The second-order valence-corrected chi connectivity index (χ2v) is 3.55. The van der Waals surface area contributed by atoms with Crippen molar-refractivity contribution in [3.8, 4) is 11.8 Å². The number of alkyl halides is 2. The second kappa shape index (κ2) is 6.55. The molecule has 1 aromatic carbocycles. The lowest BCUT2D eigenvalue weighted by Crippen LogP contribution is -2.06. The zero-order valence-corrected chi connectivity index (χ0v) is 9.40. The molecule has 0 aliphatic heterocycles. The van der Waals surface area contributed by atoms with Crippen molar-refractivity contribution in [1.82, 2.24) is 0 Å². The fourth-order valence-electron chi connectivity index (χ4n) is 1.49. The van der Waals surface area contributed by atoms with Gasteiger partial charge in [-0.15, -0.1) is 0 Å². The lowest BCUT2D eigenvalue weighted by Gasteiger charge is -2.11. The van der Waals surface area contributed by atoms with Gasteiger partial charge in [-0.2, -0.15) is 14.0 Å². The normalized spacial score (nSPS) is 10.1. The van der Waals surface area contributed by atoms with Gasteiger partial charge in [-0.05, 0) is 23.6 Å². The molecule has 0 spiro atoms. The van der Waals surface area contributed by atoms with E-state index < -0.39 is 12.6 Å². The molecule has 0 saturated carbocycles. The van der Waals surface area contributed by atoms with E-state index in [9.17, 15) is 13.6 Å². The van der Waals surface area contributed by atoms with E-state index in [0.29, 0.717) is 11.1 Å². The standard InChI is InChI=1S/C12H11F2NO3/c13-12(14)18-10-6-8(7-11(16)17)3-4-9(10)2-1-5-15/h3-4,6,12H,1-2,7H2,(H,16,17). The molecule has 4 nitrogen and oxygen atoms in total. The summed E-state index contributed by atoms with van der Waals surface area (Å²) in [7, 11) is 0.